The van der Waals surface area contributed by atoms with Gasteiger partial charge in [0.05, 0.1) is 0 Å². The quantitative estimate of drug-likeness (QED) is 0.745. The van der Waals surface area contributed by atoms with E-state index < -0.39 is 0 Å². The number of nitrogens with zero attached hydrogens (tertiary/aromatic N) is 1. The van der Waals surface area contributed by atoms with Gasteiger partial charge < -0.3 is 4.74 Å². The van der Waals surface area contributed by atoms with E-state index in [-0.39, 0.29) is 0 Å². The fourth-order valence-corrected chi connectivity index (χ4v) is 1.78. The van der Waals surface area contributed by atoms with E-state index in [0.717, 1.165) is 17.6 Å². The minimum absolute atomic E-state index is 0.679. The lowest BCUT2D eigenvalue weighted by Gasteiger charge is -2.09. The zero-order chi connectivity index (χ0) is 12.3. The molecule has 0 aliphatic heterocycles. The van der Waals surface area contributed by atoms with Gasteiger partial charge in [-0.2, -0.15) is 0 Å². The average molecular weight is 225 g/mol. The molecular weight excluding hydrogens is 209 g/mol. The molecule has 0 atom stereocenters. The van der Waals surface area contributed by atoms with E-state index in [2.05, 4.69) is 31.0 Å². The van der Waals surface area contributed by atoms with Gasteiger partial charge in [-0.15, -0.1) is 0 Å². The maximum absolute atomic E-state index is 5.80. The summed E-state index contributed by atoms with van der Waals surface area (Å²) in [4.78, 5) is 4.23. The molecule has 1 heterocycles. The molecule has 0 saturated carbocycles. The van der Waals surface area contributed by atoms with E-state index in [4.69, 9.17) is 4.74 Å². The summed E-state index contributed by atoms with van der Waals surface area (Å²) in [5.74, 6) is 1.53. The standard InChI is InChI=1S/C14H16BNO/c1-3-11-9-12(7-6-10(11)2)17-14-13(15)5-4-8-16-14/h4-9H,3,15H2,1-2H3. The normalized spacial score (nSPS) is 10.2. The molecule has 0 unspecified atom stereocenters. The Bertz CT molecular complexity index is 525. The monoisotopic (exact) mass is 225 g/mol. The minimum atomic E-state index is 0.679. The Morgan fingerprint density at radius 3 is 2.82 bits per heavy atom. The number of rotatable bonds is 3. The van der Waals surface area contributed by atoms with Crippen LogP contribution in [0.25, 0.3) is 0 Å². The van der Waals surface area contributed by atoms with Crippen LogP contribution >= 0.6 is 0 Å². The number of aromatic nitrogens is 1. The molecule has 0 amide bonds. The van der Waals surface area contributed by atoms with Crippen molar-refractivity contribution in [1.82, 2.24) is 4.98 Å². The van der Waals surface area contributed by atoms with Gasteiger partial charge in [0.25, 0.3) is 0 Å². The first-order chi connectivity index (χ1) is 8.20. The molecular formula is C14H16BNO. The van der Waals surface area contributed by atoms with Gasteiger partial charge in [-0.25, -0.2) is 4.98 Å². The topological polar surface area (TPSA) is 22.1 Å². The molecule has 17 heavy (non-hydrogen) atoms. The van der Waals surface area contributed by atoms with Crippen LogP contribution in [0, 0.1) is 6.92 Å². The maximum atomic E-state index is 5.80. The first-order valence-corrected chi connectivity index (χ1v) is 5.89. The summed E-state index contributed by atoms with van der Waals surface area (Å²) < 4.78 is 5.80. The molecule has 2 nitrogen and oxygen atoms in total. The molecule has 2 rings (SSSR count). The highest BCUT2D eigenvalue weighted by atomic mass is 16.5. The van der Waals surface area contributed by atoms with Crippen LogP contribution in [0.1, 0.15) is 18.1 Å². The second kappa shape index (κ2) is 5.04. The smallest absolute Gasteiger partial charge is 0.212 e. The Labute approximate surface area is 103 Å². The molecule has 0 saturated heterocycles. The summed E-state index contributed by atoms with van der Waals surface area (Å²) in [5.41, 5.74) is 3.67. The highest BCUT2D eigenvalue weighted by molar-refractivity contribution is 6.33. The maximum Gasteiger partial charge on any atom is 0.212 e. The van der Waals surface area contributed by atoms with Crippen LogP contribution in [0.15, 0.2) is 36.5 Å². The van der Waals surface area contributed by atoms with Crippen LogP contribution < -0.4 is 10.2 Å². The van der Waals surface area contributed by atoms with E-state index in [9.17, 15) is 0 Å². The van der Waals surface area contributed by atoms with Gasteiger partial charge in [-0.05, 0) is 48.1 Å². The first kappa shape index (κ1) is 11.7. The molecule has 0 radical (unpaired) electrons. The fraction of sp³-hybridized carbons (Fsp3) is 0.214. The third-order valence-electron chi connectivity index (χ3n) is 2.88. The molecule has 1 aromatic carbocycles. The predicted octanol–water partition coefficient (Wildman–Crippen LogP) is 2.00. The third kappa shape index (κ3) is 2.67. The van der Waals surface area contributed by atoms with E-state index in [1.54, 1.807) is 6.20 Å². The summed E-state index contributed by atoms with van der Waals surface area (Å²) >= 11 is 0. The number of aryl methyl sites for hydroxylation is 2. The highest BCUT2D eigenvalue weighted by Crippen LogP contribution is 2.21. The molecule has 0 spiro atoms. The van der Waals surface area contributed by atoms with E-state index >= 15 is 0 Å². The van der Waals surface area contributed by atoms with E-state index in [1.807, 2.05) is 26.0 Å². The number of hydrogen-bond acceptors (Lipinski definition) is 2. The van der Waals surface area contributed by atoms with Crippen molar-refractivity contribution < 1.29 is 4.74 Å². The van der Waals surface area contributed by atoms with E-state index in [0.29, 0.717) is 5.88 Å². The number of pyridine rings is 1. The first-order valence-electron chi connectivity index (χ1n) is 5.89. The molecule has 0 aliphatic rings. The number of benzene rings is 1. The van der Waals surface area contributed by atoms with Crippen molar-refractivity contribution in [2.24, 2.45) is 0 Å². The van der Waals surface area contributed by atoms with Crippen molar-refractivity contribution in [2.45, 2.75) is 20.3 Å². The van der Waals surface area contributed by atoms with Crippen LogP contribution in [0.2, 0.25) is 0 Å². The van der Waals surface area contributed by atoms with Gasteiger partial charge in [-0.3, -0.25) is 0 Å². The second-order valence-electron chi connectivity index (χ2n) is 4.17. The van der Waals surface area contributed by atoms with Crippen LogP contribution in [0.5, 0.6) is 11.6 Å². The summed E-state index contributed by atoms with van der Waals surface area (Å²) in [6.45, 7) is 4.27. The summed E-state index contributed by atoms with van der Waals surface area (Å²) in [5, 5.41) is 0. The molecule has 1 aromatic heterocycles. The zero-order valence-electron chi connectivity index (χ0n) is 10.5. The Kier molecular flexibility index (Phi) is 3.47. The Morgan fingerprint density at radius 1 is 1.29 bits per heavy atom. The summed E-state index contributed by atoms with van der Waals surface area (Å²) in [7, 11) is 2.00. The van der Waals surface area contributed by atoms with Crippen LogP contribution in [0.3, 0.4) is 0 Å². The summed E-state index contributed by atoms with van der Waals surface area (Å²) in [6, 6.07) is 10.1. The molecule has 0 N–H and O–H groups in total. The van der Waals surface area contributed by atoms with E-state index in [1.165, 1.54) is 11.1 Å². The Hall–Kier alpha value is -1.77. The molecule has 0 bridgehead atoms. The molecule has 0 fully saturated rings. The van der Waals surface area contributed by atoms with Gasteiger partial charge in [0.1, 0.15) is 13.6 Å². The predicted molar refractivity (Wildman–Crippen MR) is 73.0 cm³/mol. The summed E-state index contributed by atoms with van der Waals surface area (Å²) in [6.07, 6.45) is 2.77. The third-order valence-corrected chi connectivity index (χ3v) is 2.88. The Morgan fingerprint density at radius 2 is 2.12 bits per heavy atom. The minimum Gasteiger partial charge on any atom is -0.440 e. The lowest BCUT2D eigenvalue weighted by molar-refractivity contribution is 0.466. The lowest BCUT2D eigenvalue weighted by atomic mass is 9.98. The molecule has 0 aliphatic carbocycles. The largest absolute Gasteiger partial charge is 0.440 e. The Balaban J connectivity index is 2.28. The van der Waals surface area contributed by atoms with Crippen molar-refractivity contribution in [2.75, 3.05) is 0 Å². The van der Waals surface area contributed by atoms with Gasteiger partial charge in [-0.1, -0.05) is 19.1 Å². The second-order valence-corrected chi connectivity index (χ2v) is 4.17. The highest BCUT2D eigenvalue weighted by Gasteiger charge is 2.03. The van der Waals surface area contributed by atoms with Gasteiger partial charge in [0.2, 0.25) is 5.88 Å². The van der Waals surface area contributed by atoms with Crippen LogP contribution in [-0.2, 0) is 6.42 Å². The van der Waals surface area contributed by atoms with Crippen molar-refractivity contribution in [1.29, 1.82) is 0 Å². The van der Waals surface area contributed by atoms with Gasteiger partial charge in [0.15, 0.2) is 0 Å². The zero-order valence-corrected chi connectivity index (χ0v) is 10.5. The molecule has 2 aromatic rings. The lowest BCUT2D eigenvalue weighted by Crippen LogP contribution is -2.07. The fourth-order valence-electron chi connectivity index (χ4n) is 1.78. The van der Waals surface area contributed by atoms with Crippen LogP contribution in [0.4, 0.5) is 0 Å². The van der Waals surface area contributed by atoms with Crippen molar-refractivity contribution in [3.8, 4) is 11.6 Å². The number of hydrogen-bond donors (Lipinski definition) is 0. The van der Waals surface area contributed by atoms with Crippen molar-refractivity contribution in [3.63, 3.8) is 0 Å². The molecule has 86 valence electrons. The van der Waals surface area contributed by atoms with Crippen LogP contribution in [-0.4, -0.2) is 12.8 Å². The average Bonchev–Trinajstić information content (AvgIpc) is 2.34. The van der Waals surface area contributed by atoms with Gasteiger partial charge in [0, 0.05) is 6.20 Å². The van der Waals surface area contributed by atoms with Gasteiger partial charge >= 0.3 is 0 Å². The number of ether oxygens (including phenoxy) is 1. The van der Waals surface area contributed by atoms with Crippen molar-refractivity contribution >= 4 is 13.3 Å². The molecule has 3 heteroatoms. The van der Waals surface area contributed by atoms with Crippen molar-refractivity contribution in [3.05, 3.63) is 47.7 Å². The SMILES string of the molecule is Bc1cccnc1Oc1ccc(C)c(CC)c1.